The minimum atomic E-state index is -1.24. The van der Waals surface area contributed by atoms with Crippen LogP contribution in [0.15, 0.2) is 18.2 Å². The van der Waals surface area contributed by atoms with Crippen molar-refractivity contribution in [2.75, 3.05) is 24.2 Å². The van der Waals surface area contributed by atoms with E-state index in [-0.39, 0.29) is 34.6 Å². The number of nitrogens with one attached hydrogen (secondary N) is 1. The molecule has 8 heteroatoms. The van der Waals surface area contributed by atoms with Crippen molar-refractivity contribution >= 4 is 34.6 Å². The molecular formula is C13H14N2O5S. The Morgan fingerprint density at radius 3 is 2.76 bits per heavy atom. The van der Waals surface area contributed by atoms with E-state index >= 15 is 0 Å². The summed E-state index contributed by atoms with van der Waals surface area (Å²) in [5.41, 5.74) is -0.0661. The van der Waals surface area contributed by atoms with Crippen LogP contribution in [0.5, 0.6) is 5.75 Å². The molecule has 0 aliphatic carbocycles. The number of nitrogens with zero attached hydrogens (tertiary/aromatic N) is 1. The zero-order valence-corrected chi connectivity index (χ0v) is 11.9. The molecule has 0 spiro atoms. The number of hydrogen-bond donors (Lipinski definition) is 3. The SMILES string of the molecule is O=C(CCN1CCSC1=O)Nc1ccc(O)cc1C(=O)O. The van der Waals surface area contributed by atoms with Gasteiger partial charge in [-0.3, -0.25) is 9.59 Å². The van der Waals surface area contributed by atoms with Crippen molar-refractivity contribution in [2.45, 2.75) is 6.42 Å². The van der Waals surface area contributed by atoms with E-state index in [9.17, 15) is 19.5 Å². The lowest BCUT2D eigenvalue weighted by Crippen LogP contribution is -2.28. The summed E-state index contributed by atoms with van der Waals surface area (Å²) in [6.45, 7) is 0.925. The van der Waals surface area contributed by atoms with Gasteiger partial charge < -0.3 is 20.4 Å². The molecule has 2 rings (SSSR count). The van der Waals surface area contributed by atoms with Gasteiger partial charge in [-0.25, -0.2) is 4.79 Å². The number of benzene rings is 1. The first kappa shape index (κ1) is 15.2. The minimum Gasteiger partial charge on any atom is -0.508 e. The van der Waals surface area contributed by atoms with Crippen molar-refractivity contribution in [2.24, 2.45) is 0 Å². The topological polar surface area (TPSA) is 107 Å². The average Bonchev–Trinajstić information content (AvgIpc) is 2.84. The van der Waals surface area contributed by atoms with Gasteiger partial charge in [-0.2, -0.15) is 0 Å². The molecule has 21 heavy (non-hydrogen) atoms. The van der Waals surface area contributed by atoms with Gasteiger partial charge in [-0.15, -0.1) is 0 Å². The fourth-order valence-electron chi connectivity index (χ4n) is 1.90. The van der Waals surface area contributed by atoms with Crippen LogP contribution in [0, 0.1) is 0 Å². The van der Waals surface area contributed by atoms with Crippen molar-refractivity contribution in [3.05, 3.63) is 23.8 Å². The van der Waals surface area contributed by atoms with Crippen LogP contribution in [-0.4, -0.2) is 51.1 Å². The van der Waals surface area contributed by atoms with Gasteiger partial charge in [-0.1, -0.05) is 11.8 Å². The van der Waals surface area contributed by atoms with Gasteiger partial charge in [0.05, 0.1) is 11.3 Å². The van der Waals surface area contributed by atoms with Crippen LogP contribution < -0.4 is 5.32 Å². The van der Waals surface area contributed by atoms with Crippen LogP contribution in [-0.2, 0) is 4.79 Å². The van der Waals surface area contributed by atoms with E-state index in [2.05, 4.69) is 5.32 Å². The Morgan fingerprint density at radius 1 is 1.38 bits per heavy atom. The second-order valence-corrected chi connectivity index (χ2v) is 5.48. The standard InChI is InChI=1S/C13H14N2O5S/c16-8-1-2-10(9(7-8)12(18)19)14-11(17)3-4-15-5-6-21-13(15)20/h1-2,7,16H,3-6H2,(H,14,17)(H,18,19). The smallest absolute Gasteiger partial charge is 0.337 e. The first-order valence-electron chi connectivity index (χ1n) is 6.25. The fourth-order valence-corrected chi connectivity index (χ4v) is 2.75. The van der Waals surface area contributed by atoms with Crippen LogP contribution in [0.4, 0.5) is 10.5 Å². The quantitative estimate of drug-likeness (QED) is 0.713. The van der Waals surface area contributed by atoms with Crippen LogP contribution in [0.3, 0.4) is 0 Å². The Morgan fingerprint density at radius 2 is 2.14 bits per heavy atom. The summed E-state index contributed by atoms with van der Waals surface area (Å²) in [6.07, 6.45) is 0.0895. The Balaban J connectivity index is 1.96. The van der Waals surface area contributed by atoms with E-state index in [1.807, 2.05) is 0 Å². The van der Waals surface area contributed by atoms with Crippen molar-refractivity contribution in [3.8, 4) is 5.75 Å². The first-order valence-corrected chi connectivity index (χ1v) is 7.24. The molecule has 0 atom stereocenters. The van der Waals surface area contributed by atoms with Gasteiger partial charge in [0.15, 0.2) is 0 Å². The zero-order valence-electron chi connectivity index (χ0n) is 11.0. The molecule has 7 nitrogen and oxygen atoms in total. The number of phenolic OH excluding ortho intramolecular Hbond substituents is 1. The minimum absolute atomic E-state index is 0.0429. The normalized spacial score (nSPS) is 14.3. The van der Waals surface area contributed by atoms with Crippen LogP contribution >= 0.6 is 11.8 Å². The Kier molecular flexibility index (Phi) is 4.69. The maximum absolute atomic E-state index is 11.8. The second-order valence-electron chi connectivity index (χ2n) is 4.43. The maximum Gasteiger partial charge on any atom is 0.337 e. The summed E-state index contributed by atoms with van der Waals surface area (Å²) in [6, 6.07) is 3.69. The molecule has 1 aromatic rings. The molecule has 1 aliphatic rings. The maximum atomic E-state index is 11.8. The highest BCUT2D eigenvalue weighted by Crippen LogP contribution is 2.22. The summed E-state index contributed by atoms with van der Waals surface area (Å²) in [4.78, 5) is 35.8. The molecule has 1 saturated heterocycles. The lowest BCUT2D eigenvalue weighted by Gasteiger charge is -2.14. The summed E-state index contributed by atoms with van der Waals surface area (Å²) in [5.74, 6) is -1.09. The van der Waals surface area contributed by atoms with E-state index in [4.69, 9.17) is 5.11 Å². The number of amides is 2. The van der Waals surface area contributed by atoms with E-state index in [1.54, 1.807) is 4.90 Å². The summed E-state index contributed by atoms with van der Waals surface area (Å²) < 4.78 is 0. The highest BCUT2D eigenvalue weighted by Gasteiger charge is 2.21. The molecular weight excluding hydrogens is 296 g/mol. The molecule has 112 valence electrons. The highest BCUT2D eigenvalue weighted by atomic mass is 32.2. The average molecular weight is 310 g/mol. The predicted molar refractivity (Wildman–Crippen MR) is 77.7 cm³/mol. The third kappa shape index (κ3) is 3.88. The van der Waals surface area contributed by atoms with E-state index in [1.165, 1.54) is 23.9 Å². The number of thioether (sulfide) groups is 1. The largest absolute Gasteiger partial charge is 0.508 e. The first-order chi connectivity index (χ1) is 9.97. The molecule has 1 aliphatic heterocycles. The highest BCUT2D eigenvalue weighted by molar-refractivity contribution is 8.13. The van der Waals surface area contributed by atoms with Gasteiger partial charge in [0.25, 0.3) is 5.24 Å². The molecule has 0 aromatic heterocycles. The number of carbonyl (C=O) groups is 3. The van der Waals surface area contributed by atoms with Crippen LogP contribution in [0.2, 0.25) is 0 Å². The number of carboxylic acids is 1. The monoisotopic (exact) mass is 310 g/mol. The lowest BCUT2D eigenvalue weighted by molar-refractivity contribution is -0.116. The van der Waals surface area contributed by atoms with Gasteiger partial charge in [0.2, 0.25) is 5.91 Å². The van der Waals surface area contributed by atoms with Crippen LogP contribution in [0.25, 0.3) is 0 Å². The molecule has 3 N–H and O–H groups in total. The summed E-state index contributed by atoms with van der Waals surface area (Å²) >= 11 is 1.22. The number of rotatable bonds is 5. The molecule has 1 heterocycles. The van der Waals surface area contributed by atoms with Gasteiger partial charge in [0, 0.05) is 25.3 Å². The van der Waals surface area contributed by atoms with E-state index < -0.39 is 5.97 Å². The lowest BCUT2D eigenvalue weighted by atomic mass is 10.1. The predicted octanol–water partition coefficient (Wildman–Crippen LogP) is 1.59. The van der Waals surface area contributed by atoms with Gasteiger partial charge in [0.1, 0.15) is 5.75 Å². The number of hydrogen-bond acceptors (Lipinski definition) is 5. The summed E-state index contributed by atoms with van der Waals surface area (Å²) in [5, 5.41) is 20.7. The van der Waals surface area contributed by atoms with Crippen molar-refractivity contribution in [3.63, 3.8) is 0 Å². The molecule has 1 fully saturated rings. The summed E-state index contributed by atoms with van der Waals surface area (Å²) in [7, 11) is 0. The van der Waals surface area contributed by atoms with Crippen LogP contribution in [0.1, 0.15) is 16.8 Å². The number of aromatic carboxylic acids is 1. The number of carboxylic acid groups (broad SMARTS) is 1. The van der Waals surface area contributed by atoms with Crippen molar-refractivity contribution < 1.29 is 24.6 Å². The third-order valence-electron chi connectivity index (χ3n) is 2.96. The number of phenols is 1. The van der Waals surface area contributed by atoms with Gasteiger partial charge >= 0.3 is 5.97 Å². The van der Waals surface area contributed by atoms with Gasteiger partial charge in [-0.05, 0) is 18.2 Å². The van der Waals surface area contributed by atoms with Crippen molar-refractivity contribution in [1.29, 1.82) is 0 Å². The molecule has 2 amide bonds. The molecule has 0 radical (unpaired) electrons. The van der Waals surface area contributed by atoms with E-state index in [0.717, 1.165) is 11.8 Å². The Hall–Kier alpha value is -2.22. The van der Waals surface area contributed by atoms with Crippen molar-refractivity contribution in [1.82, 2.24) is 4.90 Å². The number of aromatic hydroxyl groups is 1. The number of anilines is 1. The molecule has 0 unspecified atom stereocenters. The fraction of sp³-hybridized carbons (Fsp3) is 0.308. The molecule has 0 bridgehead atoms. The Labute approximate surface area is 124 Å². The molecule has 0 saturated carbocycles. The zero-order chi connectivity index (χ0) is 15.4. The number of carbonyl (C=O) groups excluding carboxylic acids is 2. The Bertz CT molecular complexity index is 590. The third-order valence-corrected chi connectivity index (χ3v) is 3.85. The second kappa shape index (κ2) is 6.49. The molecule has 1 aromatic carbocycles. The van der Waals surface area contributed by atoms with E-state index in [0.29, 0.717) is 13.1 Å².